The van der Waals surface area contributed by atoms with Gasteiger partial charge in [0.15, 0.2) is 0 Å². The summed E-state index contributed by atoms with van der Waals surface area (Å²) in [5, 5.41) is 3.94. The van der Waals surface area contributed by atoms with Gasteiger partial charge in [-0.3, -0.25) is 0 Å². The summed E-state index contributed by atoms with van der Waals surface area (Å²) >= 11 is 2.00. The van der Waals surface area contributed by atoms with Gasteiger partial charge in [-0.2, -0.15) is 0 Å². The molecular formula is C16H23NS. The summed E-state index contributed by atoms with van der Waals surface area (Å²) < 4.78 is 0. The van der Waals surface area contributed by atoms with Crippen molar-refractivity contribution in [2.24, 2.45) is 5.41 Å². The third kappa shape index (κ3) is 2.33. The van der Waals surface area contributed by atoms with Gasteiger partial charge in [-0.05, 0) is 29.9 Å². The molecule has 2 atom stereocenters. The van der Waals surface area contributed by atoms with Crippen molar-refractivity contribution in [3.05, 3.63) is 29.8 Å². The van der Waals surface area contributed by atoms with E-state index in [0.29, 0.717) is 17.5 Å². The van der Waals surface area contributed by atoms with E-state index < -0.39 is 0 Å². The summed E-state index contributed by atoms with van der Waals surface area (Å²) in [6.45, 7) is 4.86. The maximum Gasteiger partial charge on any atom is 0.0428 e. The number of benzene rings is 1. The molecule has 2 unspecified atom stereocenters. The zero-order valence-electron chi connectivity index (χ0n) is 11.4. The van der Waals surface area contributed by atoms with Gasteiger partial charge in [0.2, 0.25) is 0 Å². The Morgan fingerprint density at radius 1 is 1.22 bits per heavy atom. The largest absolute Gasteiger partial charge is 0.306 e. The molecule has 1 aliphatic heterocycles. The lowest BCUT2D eigenvalue weighted by atomic mass is 9.73. The van der Waals surface area contributed by atoms with Crippen LogP contribution in [0.5, 0.6) is 0 Å². The molecule has 0 spiro atoms. The fourth-order valence-electron chi connectivity index (χ4n) is 3.35. The molecule has 1 aliphatic carbocycles. The van der Waals surface area contributed by atoms with Gasteiger partial charge in [0.25, 0.3) is 0 Å². The third-order valence-electron chi connectivity index (χ3n) is 4.61. The Balaban J connectivity index is 1.74. The topological polar surface area (TPSA) is 12.0 Å². The van der Waals surface area contributed by atoms with Crippen LogP contribution in [0.1, 0.15) is 51.1 Å². The first kappa shape index (κ1) is 12.6. The number of thioether (sulfide) groups is 1. The van der Waals surface area contributed by atoms with Crippen LogP contribution in [-0.4, -0.2) is 11.8 Å². The molecule has 0 radical (unpaired) electrons. The van der Waals surface area contributed by atoms with Crippen LogP contribution >= 0.6 is 11.8 Å². The molecule has 3 rings (SSSR count). The second-order valence-electron chi connectivity index (χ2n) is 6.36. The van der Waals surface area contributed by atoms with Crippen LogP contribution in [-0.2, 0) is 0 Å². The molecule has 1 fully saturated rings. The molecule has 0 aromatic heterocycles. The van der Waals surface area contributed by atoms with E-state index in [-0.39, 0.29) is 0 Å². The summed E-state index contributed by atoms with van der Waals surface area (Å²) in [7, 11) is 0. The molecule has 0 bridgehead atoms. The number of fused-ring (bicyclic) bond motifs is 1. The van der Waals surface area contributed by atoms with Crippen molar-refractivity contribution in [2.45, 2.75) is 56.5 Å². The molecule has 2 heteroatoms. The van der Waals surface area contributed by atoms with E-state index in [9.17, 15) is 0 Å². The van der Waals surface area contributed by atoms with Crippen LogP contribution < -0.4 is 5.32 Å². The van der Waals surface area contributed by atoms with Crippen molar-refractivity contribution in [1.82, 2.24) is 5.32 Å². The quantitative estimate of drug-likeness (QED) is 0.847. The predicted molar refractivity (Wildman–Crippen MR) is 79.1 cm³/mol. The van der Waals surface area contributed by atoms with Gasteiger partial charge in [-0.25, -0.2) is 0 Å². The molecule has 1 N–H and O–H groups in total. The highest BCUT2D eigenvalue weighted by molar-refractivity contribution is 7.99. The summed E-state index contributed by atoms with van der Waals surface area (Å²) in [4.78, 5) is 1.48. The van der Waals surface area contributed by atoms with Gasteiger partial charge in [0.05, 0.1) is 0 Å². The van der Waals surface area contributed by atoms with Gasteiger partial charge in [0.1, 0.15) is 0 Å². The summed E-state index contributed by atoms with van der Waals surface area (Å²) in [6, 6.07) is 10.1. The number of hydrogen-bond donors (Lipinski definition) is 1. The van der Waals surface area contributed by atoms with Crippen LogP contribution in [0.15, 0.2) is 29.2 Å². The highest BCUT2D eigenvalue weighted by Gasteiger charge is 2.35. The maximum absolute atomic E-state index is 3.94. The SMILES string of the molecule is CC1(C)CCCCC1NC1CSc2ccccc21. The van der Waals surface area contributed by atoms with Crippen LogP contribution in [0.25, 0.3) is 0 Å². The number of rotatable bonds is 2. The van der Waals surface area contributed by atoms with Crippen LogP contribution in [0.4, 0.5) is 0 Å². The summed E-state index contributed by atoms with van der Waals surface area (Å²) in [5.41, 5.74) is 1.98. The lowest BCUT2D eigenvalue weighted by Gasteiger charge is -2.40. The van der Waals surface area contributed by atoms with E-state index in [4.69, 9.17) is 0 Å². The monoisotopic (exact) mass is 261 g/mol. The molecule has 1 heterocycles. The Kier molecular flexibility index (Phi) is 3.42. The van der Waals surface area contributed by atoms with Gasteiger partial charge in [-0.1, -0.05) is 44.9 Å². The second-order valence-corrected chi connectivity index (χ2v) is 7.42. The Morgan fingerprint density at radius 2 is 2.06 bits per heavy atom. The number of hydrogen-bond acceptors (Lipinski definition) is 2. The van der Waals surface area contributed by atoms with Gasteiger partial charge < -0.3 is 5.32 Å². The second kappa shape index (κ2) is 4.90. The molecule has 1 aromatic carbocycles. The lowest BCUT2D eigenvalue weighted by Crippen LogP contribution is -2.45. The van der Waals surface area contributed by atoms with E-state index >= 15 is 0 Å². The fourth-order valence-corrected chi connectivity index (χ4v) is 4.52. The lowest BCUT2D eigenvalue weighted by molar-refractivity contribution is 0.158. The molecule has 2 aliphatic rings. The average Bonchev–Trinajstić information content (AvgIpc) is 2.75. The average molecular weight is 261 g/mol. The molecule has 1 aromatic rings. The minimum absolute atomic E-state index is 0.459. The molecule has 98 valence electrons. The third-order valence-corrected chi connectivity index (χ3v) is 5.79. The van der Waals surface area contributed by atoms with Crippen LogP contribution in [0.2, 0.25) is 0 Å². The summed E-state index contributed by atoms with van der Waals surface area (Å²) in [5.74, 6) is 1.20. The minimum atomic E-state index is 0.459. The molecular weight excluding hydrogens is 238 g/mol. The van der Waals surface area contributed by atoms with E-state index in [1.807, 2.05) is 11.8 Å². The van der Waals surface area contributed by atoms with Crippen molar-refractivity contribution >= 4 is 11.8 Å². The highest BCUT2D eigenvalue weighted by atomic mass is 32.2. The predicted octanol–water partition coefficient (Wildman–Crippen LogP) is 4.39. The molecule has 18 heavy (non-hydrogen) atoms. The molecule has 0 saturated heterocycles. The first-order valence-electron chi connectivity index (χ1n) is 7.14. The van der Waals surface area contributed by atoms with E-state index in [0.717, 1.165) is 0 Å². The normalized spacial score (nSPS) is 30.1. The van der Waals surface area contributed by atoms with E-state index in [1.54, 1.807) is 0 Å². The van der Waals surface area contributed by atoms with Gasteiger partial charge >= 0.3 is 0 Å². The Hall–Kier alpha value is -0.470. The fraction of sp³-hybridized carbons (Fsp3) is 0.625. The van der Waals surface area contributed by atoms with E-state index in [2.05, 4.69) is 43.4 Å². The summed E-state index contributed by atoms with van der Waals surface area (Å²) in [6.07, 6.45) is 5.51. The van der Waals surface area contributed by atoms with Crippen molar-refractivity contribution in [2.75, 3.05) is 5.75 Å². The smallest absolute Gasteiger partial charge is 0.0428 e. The Morgan fingerprint density at radius 3 is 2.89 bits per heavy atom. The zero-order valence-corrected chi connectivity index (χ0v) is 12.2. The molecule has 0 amide bonds. The zero-order chi connectivity index (χ0) is 12.6. The highest BCUT2D eigenvalue weighted by Crippen LogP contribution is 2.41. The van der Waals surface area contributed by atoms with Crippen LogP contribution in [0, 0.1) is 5.41 Å². The van der Waals surface area contributed by atoms with Crippen LogP contribution in [0.3, 0.4) is 0 Å². The minimum Gasteiger partial charge on any atom is -0.306 e. The Labute approximate surface area is 115 Å². The van der Waals surface area contributed by atoms with E-state index in [1.165, 1.54) is 41.9 Å². The standard InChI is InChI=1S/C16H23NS/c1-16(2)10-6-5-9-15(16)17-13-11-18-14-8-4-3-7-12(13)14/h3-4,7-8,13,15,17H,5-6,9-11H2,1-2H3. The van der Waals surface area contributed by atoms with Gasteiger partial charge in [-0.15, -0.1) is 11.8 Å². The molecule has 1 nitrogen and oxygen atoms in total. The van der Waals surface area contributed by atoms with Crippen molar-refractivity contribution in [1.29, 1.82) is 0 Å². The maximum atomic E-state index is 3.94. The number of nitrogens with one attached hydrogen (secondary N) is 1. The Bertz CT molecular complexity index is 427. The van der Waals surface area contributed by atoms with Gasteiger partial charge in [0, 0.05) is 22.7 Å². The van der Waals surface area contributed by atoms with Crippen molar-refractivity contribution in [3.63, 3.8) is 0 Å². The van der Waals surface area contributed by atoms with Crippen molar-refractivity contribution in [3.8, 4) is 0 Å². The molecule has 1 saturated carbocycles. The first-order chi connectivity index (χ1) is 8.67. The van der Waals surface area contributed by atoms with Crippen molar-refractivity contribution < 1.29 is 0 Å². The first-order valence-corrected chi connectivity index (χ1v) is 8.13.